The Kier molecular flexibility index (Phi) is 15.0. The normalized spacial score (nSPS) is 10.8. The molecule has 1 aromatic carbocycles. The standard InChI is InChI=1S/C6H6O2.C6H4O2.CH3B.2CH4/c2*7-5-1-2-6(8)4-3-5;1-2;;/h1-4,7-8H;1-4H;1H3;2*1H4. The molecule has 0 heterocycles. The molecule has 4 nitrogen and oxygen atoms in total. The Morgan fingerprint density at radius 2 is 0.900 bits per heavy atom. The Balaban J connectivity index is -0.000000236. The van der Waals surface area contributed by atoms with Gasteiger partial charge in [-0.2, -0.15) is 0 Å². The Morgan fingerprint density at radius 1 is 0.700 bits per heavy atom. The van der Waals surface area contributed by atoms with E-state index >= 15 is 0 Å². The third-order valence-electron chi connectivity index (χ3n) is 1.67. The van der Waals surface area contributed by atoms with Crippen LogP contribution in [0.4, 0.5) is 0 Å². The summed E-state index contributed by atoms with van der Waals surface area (Å²) < 4.78 is 0. The van der Waals surface area contributed by atoms with Gasteiger partial charge in [0.2, 0.25) is 0 Å². The number of hydrogen-bond acceptors (Lipinski definition) is 4. The van der Waals surface area contributed by atoms with Crippen molar-refractivity contribution in [3.8, 4) is 11.5 Å². The molecule has 108 valence electrons. The van der Waals surface area contributed by atoms with E-state index in [1.54, 1.807) is 0 Å². The smallest absolute Gasteiger partial charge is 0.178 e. The molecule has 5 heteroatoms. The van der Waals surface area contributed by atoms with Crippen molar-refractivity contribution < 1.29 is 19.8 Å². The van der Waals surface area contributed by atoms with Gasteiger partial charge in [0.1, 0.15) is 11.5 Å². The lowest BCUT2D eigenvalue weighted by atomic mass is 10.2. The van der Waals surface area contributed by atoms with E-state index in [2.05, 4.69) is 7.85 Å². The maximum absolute atomic E-state index is 10.3. The van der Waals surface area contributed by atoms with Gasteiger partial charge in [-0.15, -0.1) is 0 Å². The Labute approximate surface area is 121 Å². The van der Waals surface area contributed by atoms with Crippen LogP contribution in [0.1, 0.15) is 14.9 Å². The number of benzene rings is 1. The number of phenols is 2. The first kappa shape index (κ1) is 22.8. The minimum atomic E-state index is -0.121. The van der Waals surface area contributed by atoms with Gasteiger partial charge in [0.25, 0.3) is 0 Å². The molecule has 2 N–H and O–H groups in total. The zero-order valence-electron chi connectivity index (χ0n) is 9.91. The monoisotopic (exact) mass is 276 g/mol. The minimum absolute atomic E-state index is 0. The van der Waals surface area contributed by atoms with E-state index in [-0.39, 0.29) is 37.9 Å². The zero-order valence-corrected chi connectivity index (χ0v) is 9.91. The molecule has 0 spiro atoms. The molecule has 0 amide bonds. The second-order valence-corrected chi connectivity index (χ2v) is 2.99. The molecule has 0 atom stereocenters. The molecule has 0 fully saturated rings. The van der Waals surface area contributed by atoms with Gasteiger partial charge in [0.15, 0.2) is 11.6 Å². The number of phenolic OH excluding ortho intramolecular Hbond substituents is 2. The van der Waals surface area contributed by atoms with Crippen molar-refractivity contribution in [2.75, 3.05) is 0 Å². The largest absolute Gasteiger partial charge is 0.508 e. The van der Waals surface area contributed by atoms with Crippen molar-refractivity contribution in [1.29, 1.82) is 0 Å². The molecule has 1 aliphatic carbocycles. The Bertz CT molecular complexity index is 388. The highest BCUT2D eigenvalue weighted by Gasteiger charge is 1.97. The Morgan fingerprint density at radius 3 is 1.10 bits per heavy atom. The minimum Gasteiger partial charge on any atom is -0.508 e. The number of ketones is 2. The van der Waals surface area contributed by atoms with Crippen molar-refractivity contribution in [3.05, 3.63) is 48.6 Å². The van der Waals surface area contributed by atoms with Crippen molar-refractivity contribution in [3.63, 3.8) is 0 Å². The zero-order chi connectivity index (χ0) is 14.0. The Hall–Kier alpha value is -2.30. The average molecular weight is 276 g/mol. The third kappa shape index (κ3) is 10.8. The summed E-state index contributed by atoms with van der Waals surface area (Å²) in [5, 5.41) is 17.3. The van der Waals surface area contributed by atoms with E-state index in [9.17, 15) is 9.59 Å². The third-order valence-corrected chi connectivity index (χ3v) is 1.67. The van der Waals surface area contributed by atoms with E-state index in [0.29, 0.717) is 0 Å². The van der Waals surface area contributed by atoms with Gasteiger partial charge in [-0.3, -0.25) is 9.59 Å². The van der Waals surface area contributed by atoms with Crippen LogP contribution in [0.25, 0.3) is 0 Å². The van der Waals surface area contributed by atoms with Gasteiger partial charge >= 0.3 is 0 Å². The molecule has 0 aliphatic heterocycles. The van der Waals surface area contributed by atoms with Crippen LogP contribution in [0, 0.1) is 0 Å². The molecular formula is C15H21BO4. The van der Waals surface area contributed by atoms with Crippen molar-refractivity contribution in [2.24, 2.45) is 0 Å². The molecule has 2 rings (SSSR count). The maximum Gasteiger partial charge on any atom is 0.178 e. The van der Waals surface area contributed by atoms with Crippen LogP contribution in [-0.2, 0) is 9.59 Å². The first-order valence-corrected chi connectivity index (χ1v) is 5.08. The lowest BCUT2D eigenvalue weighted by Crippen LogP contribution is -1.97. The molecule has 0 aromatic heterocycles. The SMILES string of the molecule is C.C.O=C1C=CC(=O)C=C1.Oc1ccc(O)cc1.[B]C. The molecule has 1 aliphatic rings. The molecule has 0 bridgehead atoms. The van der Waals surface area contributed by atoms with E-state index in [1.165, 1.54) is 55.4 Å². The highest BCUT2D eigenvalue weighted by atomic mass is 16.3. The fourth-order valence-electron chi connectivity index (χ4n) is 0.892. The van der Waals surface area contributed by atoms with Crippen molar-refractivity contribution >= 4 is 19.4 Å². The lowest BCUT2D eigenvalue weighted by Gasteiger charge is -1.88. The number of carbonyl (C=O) groups excluding carboxylic acids is 2. The van der Waals surface area contributed by atoms with Gasteiger partial charge < -0.3 is 10.2 Å². The molecule has 0 unspecified atom stereocenters. The van der Waals surface area contributed by atoms with Crippen LogP contribution in [0.3, 0.4) is 0 Å². The molecule has 1 aromatic rings. The second kappa shape index (κ2) is 13.1. The van der Waals surface area contributed by atoms with E-state index < -0.39 is 0 Å². The average Bonchev–Trinajstić information content (AvgIpc) is 2.40. The first-order valence-electron chi connectivity index (χ1n) is 5.08. The van der Waals surface area contributed by atoms with Gasteiger partial charge in [0, 0.05) is 0 Å². The first-order chi connectivity index (χ1) is 8.58. The molecule has 0 saturated heterocycles. The summed E-state index contributed by atoms with van der Waals surface area (Å²) in [6.45, 7) is 1.50. The van der Waals surface area contributed by atoms with Crippen LogP contribution < -0.4 is 0 Å². The maximum atomic E-state index is 10.3. The molecule has 2 radical (unpaired) electrons. The number of hydrogen-bond donors (Lipinski definition) is 2. The predicted molar refractivity (Wildman–Crippen MR) is 83.1 cm³/mol. The summed E-state index contributed by atoms with van der Waals surface area (Å²) in [5.41, 5.74) is 0. The topological polar surface area (TPSA) is 74.6 Å². The van der Waals surface area contributed by atoms with Crippen LogP contribution >= 0.6 is 0 Å². The summed E-state index contributed by atoms with van der Waals surface area (Å²) in [5.74, 6) is 0.0970. The summed E-state index contributed by atoms with van der Waals surface area (Å²) >= 11 is 0. The van der Waals surface area contributed by atoms with Gasteiger partial charge in [-0.1, -0.05) is 21.7 Å². The fourth-order valence-corrected chi connectivity index (χ4v) is 0.892. The number of allylic oxidation sites excluding steroid dienone is 4. The molecule has 0 saturated carbocycles. The van der Waals surface area contributed by atoms with Crippen molar-refractivity contribution in [1.82, 2.24) is 0 Å². The summed E-state index contributed by atoms with van der Waals surface area (Å²) in [7, 11) is 4.50. The van der Waals surface area contributed by atoms with Crippen LogP contribution in [0.2, 0.25) is 6.82 Å². The number of rotatable bonds is 0. The molecular weight excluding hydrogens is 255 g/mol. The highest BCUT2D eigenvalue weighted by Crippen LogP contribution is 2.13. The predicted octanol–water partition coefficient (Wildman–Crippen LogP) is 2.82. The lowest BCUT2D eigenvalue weighted by molar-refractivity contribution is -0.113. The van der Waals surface area contributed by atoms with Crippen LogP contribution in [-0.4, -0.2) is 29.6 Å². The highest BCUT2D eigenvalue weighted by molar-refractivity contribution is 6.14. The van der Waals surface area contributed by atoms with E-state index in [4.69, 9.17) is 10.2 Å². The summed E-state index contributed by atoms with van der Waals surface area (Å²) in [6.07, 6.45) is 5.01. The van der Waals surface area contributed by atoms with Gasteiger partial charge in [-0.05, 0) is 48.6 Å². The summed E-state index contributed by atoms with van der Waals surface area (Å²) in [6, 6.07) is 5.70. The van der Waals surface area contributed by atoms with Gasteiger partial charge in [-0.25, -0.2) is 0 Å². The van der Waals surface area contributed by atoms with Crippen LogP contribution in [0.15, 0.2) is 48.6 Å². The van der Waals surface area contributed by atoms with E-state index in [0.717, 1.165) is 0 Å². The van der Waals surface area contributed by atoms with Crippen LogP contribution in [0.5, 0.6) is 11.5 Å². The fraction of sp³-hybridized carbons (Fsp3) is 0.200. The quantitative estimate of drug-likeness (QED) is 0.434. The van der Waals surface area contributed by atoms with Crippen molar-refractivity contribution in [2.45, 2.75) is 21.7 Å². The van der Waals surface area contributed by atoms with E-state index in [1.807, 2.05) is 0 Å². The molecule has 20 heavy (non-hydrogen) atoms. The van der Waals surface area contributed by atoms with Gasteiger partial charge in [0.05, 0.1) is 7.85 Å². The summed E-state index contributed by atoms with van der Waals surface area (Å²) in [4.78, 5) is 20.6. The second-order valence-electron chi connectivity index (χ2n) is 2.99. The number of aromatic hydroxyl groups is 2. The number of carbonyl (C=O) groups is 2.